The summed E-state index contributed by atoms with van der Waals surface area (Å²) in [6.07, 6.45) is 5.48. The molecule has 7 nitrogen and oxygen atoms in total. The number of hydrogen-bond acceptors (Lipinski definition) is 5. The molecule has 3 rings (SSSR count). The number of carbonyl (C=O) groups excluding carboxylic acids is 2. The first-order valence-electron chi connectivity index (χ1n) is 8.07. The number of aromatic nitrogens is 1. The Morgan fingerprint density at radius 1 is 1.39 bits per heavy atom. The fourth-order valence-electron chi connectivity index (χ4n) is 2.99. The monoisotopic (exact) mass is 338 g/mol. The van der Waals surface area contributed by atoms with Gasteiger partial charge in [0.1, 0.15) is 0 Å². The van der Waals surface area contributed by atoms with Crippen molar-refractivity contribution in [3.05, 3.63) is 11.6 Å². The van der Waals surface area contributed by atoms with Crippen LogP contribution in [0.5, 0.6) is 0 Å². The lowest BCUT2D eigenvalue weighted by Gasteiger charge is -2.32. The first-order chi connectivity index (χ1) is 11.2. The fraction of sp³-hybridized carbons (Fsp3) is 0.667. The number of urea groups is 1. The Labute approximate surface area is 139 Å². The lowest BCUT2D eigenvalue weighted by atomic mass is 9.97. The Morgan fingerprint density at radius 3 is 3.04 bits per heavy atom. The second-order valence-electron chi connectivity index (χ2n) is 5.93. The zero-order chi connectivity index (χ0) is 16.1. The average Bonchev–Trinajstić information content (AvgIpc) is 3.26. The van der Waals surface area contributed by atoms with Crippen molar-refractivity contribution in [2.45, 2.75) is 31.8 Å². The molecule has 0 aromatic carbocycles. The van der Waals surface area contributed by atoms with Crippen molar-refractivity contribution in [2.75, 3.05) is 31.6 Å². The molecule has 0 bridgehead atoms. The molecule has 2 aliphatic heterocycles. The van der Waals surface area contributed by atoms with E-state index in [0.717, 1.165) is 32.3 Å². The van der Waals surface area contributed by atoms with Gasteiger partial charge in [-0.15, -0.1) is 11.3 Å². The second kappa shape index (κ2) is 7.74. The van der Waals surface area contributed by atoms with Gasteiger partial charge in [-0.1, -0.05) is 0 Å². The van der Waals surface area contributed by atoms with Crippen molar-refractivity contribution in [2.24, 2.45) is 5.92 Å². The Bertz CT molecular complexity index is 531. The van der Waals surface area contributed by atoms with E-state index in [1.165, 1.54) is 11.3 Å². The number of likely N-dealkylation sites (tertiary alicyclic amines) is 1. The topological polar surface area (TPSA) is 83.6 Å². The quantitative estimate of drug-likeness (QED) is 0.875. The smallest absolute Gasteiger partial charge is 0.317 e. The third-order valence-electron chi connectivity index (χ3n) is 4.25. The molecule has 0 radical (unpaired) electrons. The van der Waals surface area contributed by atoms with Gasteiger partial charge in [-0.2, -0.15) is 0 Å². The lowest BCUT2D eigenvalue weighted by Crippen LogP contribution is -2.49. The van der Waals surface area contributed by atoms with E-state index in [2.05, 4.69) is 15.6 Å². The number of amides is 3. The van der Waals surface area contributed by atoms with Crippen molar-refractivity contribution >= 4 is 28.4 Å². The molecular formula is C15H22N4O3S. The SMILES string of the molecule is O=C(Nc1nccs1)[C@@H]1CCCN(C(=O)NC[C@@H]2CCCO2)C1. The minimum Gasteiger partial charge on any atom is -0.376 e. The molecule has 3 heterocycles. The summed E-state index contributed by atoms with van der Waals surface area (Å²) in [4.78, 5) is 30.3. The number of carbonyl (C=O) groups is 2. The fourth-order valence-corrected chi connectivity index (χ4v) is 3.52. The molecule has 2 fully saturated rings. The molecule has 2 aliphatic rings. The molecular weight excluding hydrogens is 316 g/mol. The summed E-state index contributed by atoms with van der Waals surface area (Å²) in [5.74, 6) is -0.238. The number of anilines is 1. The van der Waals surface area contributed by atoms with Gasteiger partial charge >= 0.3 is 6.03 Å². The van der Waals surface area contributed by atoms with Gasteiger partial charge in [0, 0.05) is 37.8 Å². The van der Waals surface area contributed by atoms with E-state index in [-0.39, 0.29) is 24.0 Å². The van der Waals surface area contributed by atoms with E-state index < -0.39 is 0 Å². The molecule has 1 aromatic heterocycles. The van der Waals surface area contributed by atoms with E-state index in [1.807, 2.05) is 5.38 Å². The molecule has 1 aromatic rings. The molecule has 23 heavy (non-hydrogen) atoms. The van der Waals surface area contributed by atoms with Crippen molar-refractivity contribution < 1.29 is 14.3 Å². The van der Waals surface area contributed by atoms with Crippen LogP contribution in [0.1, 0.15) is 25.7 Å². The summed E-state index contributed by atoms with van der Waals surface area (Å²) < 4.78 is 5.51. The van der Waals surface area contributed by atoms with Gasteiger partial charge in [0.2, 0.25) is 5.91 Å². The van der Waals surface area contributed by atoms with Crippen molar-refractivity contribution in [3.63, 3.8) is 0 Å². The van der Waals surface area contributed by atoms with Gasteiger partial charge in [-0.05, 0) is 25.7 Å². The van der Waals surface area contributed by atoms with E-state index in [1.54, 1.807) is 11.1 Å². The first kappa shape index (κ1) is 16.2. The van der Waals surface area contributed by atoms with E-state index >= 15 is 0 Å². The molecule has 0 spiro atoms. The first-order valence-corrected chi connectivity index (χ1v) is 8.95. The predicted octanol–water partition coefficient (Wildman–Crippen LogP) is 1.68. The normalized spacial score (nSPS) is 24.4. The molecule has 0 unspecified atom stereocenters. The number of hydrogen-bond donors (Lipinski definition) is 2. The summed E-state index contributed by atoms with van der Waals surface area (Å²) in [7, 11) is 0. The molecule has 0 aliphatic carbocycles. The Hall–Kier alpha value is -1.67. The van der Waals surface area contributed by atoms with Crippen LogP contribution in [-0.2, 0) is 9.53 Å². The molecule has 3 amide bonds. The maximum Gasteiger partial charge on any atom is 0.317 e. The zero-order valence-electron chi connectivity index (χ0n) is 13.0. The van der Waals surface area contributed by atoms with Crippen molar-refractivity contribution in [1.82, 2.24) is 15.2 Å². The molecule has 8 heteroatoms. The summed E-state index contributed by atoms with van der Waals surface area (Å²) in [5.41, 5.74) is 0. The average molecular weight is 338 g/mol. The van der Waals surface area contributed by atoms with Crippen LogP contribution in [0.3, 0.4) is 0 Å². The van der Waals surface area contributed by atoms with Gasteiger partial charge in [0.15, 0.2) is 5.13 Å². The molecule has 0 saturated carbocycles. The van der Waals surface area contributed by atoms with Crippen LogP contribution in [-0.4, -0.2) is 54.2 Å². The van der Waals surface area contributed by atoms with Gasteiger partial charge in [-0.25, -0.2) is 9.78 Å². The third-order valence-corrected chi connectivity index (χ3v) is 4.94. The highest BCUT2D eigenvalue weighted by Crippen LogP contribution is 2.20. The third kappa shape index (κ3) is 4.42. The zero-order valence-corrected chi connectivity index (χ0v) is 13.8. The highest BCUT2D eigenvalue weighted by Gasteiger charge is 2.29. The van der Waals surface area contributed by atoms with Crippen LogP contribution in [0.4, 0.5) is 9.93 Å². The van der Waals surface area contributed by atoms with Gasteiger partial charge in [0.25, 0.3) is 0 Å². The van der Waals surface area contributed by atoms with Gasteiger partial charge in [-0.3, -0.25) is 4.79 Å². The largest absolute Gasteiger partial charge is 0.376 e. The van der Waals surface area contributed by atoms with Crippen LogP contribution in [0.25, 0.3) is 0 Å². The summed E-state index contributed by atoms with van der Waals surface area (Å²) in [6, 6.07) is -0.104. The number of ether oxygens (including phenoxy) is 1. The predicted molar refractivity (Wildman–Crippen MR) is 87.4 cm³/mol. The second-order valence-corrected chi connectivity index (χ2v) is 6.83. The van der Waals surface area contributed by atoms with E-state index in [9.17, 15) is 9.59 Å². The Balaban J connectivity index is 1.46. The minimum absolute atomic E-state index is 0.0587. The highest BCUT2D eigenvalue weighted by atomic mass is 32.1. The van der Waals surface area contributed by atoms with Gasteiger partial charge < -0.3 is 20.3 Å². The van der Waals surface area contributed by atoms with Crippen LogP contribution in [0.2, 0.25) is 0 Å². The summed E-state index contributed by atoms with van der Waals surface area (Å²) >= 11 is 1.39. The lowest BCUT2D eigenvalue weighted by molar-refractivity contribution is -0.121. The van der Waals surface area contributed by atoms with Crippen molar-refractivity contribution in [3.8, 4) is 0 Å². The van der Waals surface area contributed by atoms with Crippen LogP contribution in [0.15, 0.2) is 11.6 Å². The number of nitrogens with one attached hydrogen (secondary N) is 2. The minimum atomic E-state index is -0.180. The van der Waals surface area contributed by atoms with Crippen LogP contribution >= 0.6 is 11.3 Å². The molecule has 126 valence electrons. The number of rotatable bonds is 4. The number of nitrogens with zero attached hydrogens (tertiary/aromatic N) is 2. The maximum absolute atomic E-state index is 12.3. The Morgan fingerprint density at radius 2 is 2.30 bits per heavy atom. The van der Waals surface area contributed by atoms with E-state index in [4.69, 9.17) is 4.74 Å². The van der Waals surface area contributed by atoms with E-state index in [0.29, 0.717) is 24.8 Å². The highest BCUT2D eigenvalue weighted by molar-refractivity contribution is 7.13. The van der Waals surface area contributed by atoms with Crippen LogP contribution in [0, 0.1) is 5.92 Å². The summed E-state index contributed by atoms with van der Waals surface area (Å²) in [5, 5.41) is 8.16. The van der Waals surface area contributed by atoms with Crippen molar-refractivity contribution in [1.29, 1.82) is 0 Å². The molecule has 2 atom stereocenters. The standard InChI is InChI=1S/C15H22N4O3S/c20-13(18-14-16-5-8-23-14)11-3-1-6-19(10-11)15(21)17-9-12-4-2-7-22-12/h5,8,11-12H,1-4,6-7,9-10H2,(H,17,21)(H,16,18,20)/t11-,12+/m1/s1. The van der Waals surface area contributed by atoms with Crippen LogP contribution < -0.4 is 10.6 Å². The number of piperidine rings is 1. The maximum atomic E-state index is 12.3. The van der Waals surface area contributed by atoms with Gasteiger partial charge in [0.05, 0.1) is 12.0 Å². The molecule has 2 saturated heterocycles. The number of thiazole rings is 1. The Kier molecular flexibility index (Phi) is 5.45. The summed E-state index contributed by atoms with van der Waals surface area (Å²) in [6.45, 7) is 2.47. The molecule has 2 N–H and O–H groups in total.